The molecule has 1 N–H and O–H groups in total. The van der Waals surface area contributed by atoms with E-state index in [1.165, 1.54) is 18.4 Å². The van der Waals surface area contributed by atoms with Crippen molar-refractivity contribution >= 4 is 23.0 Å². The van der Waals surface area contributed by atoms with Gasteiger partial charge in [-0.2, -0.15) is 0 Å². The smallest absolute Gasteiger partial charge is 0.244 e. The van der Waals surface area contributed by atoms with Gasteiger partial charge in [0.05, 0.1) is 10.9 Å². The number of nitrogens with zero attached hydrogens (tertiary/aromatic N) is 1. The molecule has 0 atom stereocenters. The number of benzene rings is 1. The van der Waals surface area contributed by atoms with Gasteiger partial charge in [0.15, 0.2) is 5.43 Å². The number of hydrogen-bond acceptors (Lipinski definition) is 4. The van der Waals surface area contributed by atoms with Crippen molar-refractivity contribution in [3.63, 3.8) is 0 Å². The van der Waals surface area contributed by atoms with Crippen molar-refractivity contribution in [2.24, 2.45) is 0 Å². The Bertz CT molecular complexity index is 775. The number of aryl methyl sites for hydroxylation is 1. The van der Waals surface area contributed by atoms with Crippen molar-refractivity contribution in [1.82, 2.24) is 10.2 Å². The van der Waals surface area contributed by atoms with Gasteiger partial charge in [0, 0.05) is 12.6 Å². The molecule has 0 unspecified atom stereocenters. The Morgan fingerprint density at radius 1 is 1.35 bits per heavy atom. The lowest BCUT2D eigenvalue weighted by molar-refractivity contribution is -0.116. The van der Waals surface area contributed by atoms with Gasteiger partial charge in [-0.1, -0.05) is 11.6 Å². The van der Waals surface area contributed by atoms with Gasteiger partial charge in [-0.25, -0.2) is 0 Å². The fourth-order valence-electron chi connectivity index (χ4n) is 2.21. The number of amides is 1. The molecule has 0 aliphatic carbocycles. The maximum Gasteiger partial charge on any atom is 0.244 e. The molecule has 1 heterocycles. The Labute approximate surface area is 135 Å². The van der Waals surface area contributed by atoms with Gasteiger partial charge in [0.25, 0.3) is 0 Å². The van der Waals surface area contributed by atoms with E-state index in [0.717, 1.165) is 18.5 Å². The molecule has 1 aromatic carbocycles. The molecule has 0 radical (unpaired) electrons. The van der Waals surface area contributed by atoms with Gasteiger partial charge in [-0.15, -0.1) is 0 Å². The lowest BCUT2D eigenvalue weighted by Crippen LogP contribution is -2.25. The molecule has 0 spiro atoms. The van der Waals surface area contributed by atoms with Crippen molar-refractivity contribution in [2.75, 3.05) is 27.2 Å². The van der Waals surface area contributed by atoms with E-state index in [1.807, 2.05) is 27.1 Å². The van der Waals surface area contributed by atoms with E-state index in [-0.39, 0.29) is 11.3 Å². The summed E-state index contributed by atoms with van der Waals surface area (Å²) in [7, 11) is 3.98. The topological polar surface area (TPSA) is 62.6 Å². The zero-order valence-corrected chi connectivity index (χ0v) is 13.8. The highest BCUT2D eigenvalue weighted by Gasteiger charge is 2.05. The predicted octanol–water partition coefficient (Wildman–Crippen LogP) is 2.18. The third-order valence-corrected chi connectivity index (χ3v) is 3.45. The van der Waals surface area contributed by atoms with E-state index < -0.39 is 0 Å². The summed E-state index contributed by atoms with van der Waals surface area (Å²) in [4.78, 5) is 26.2. The fraction of sp³-hybridized carbons (Fsp3) is 0.333. The lowest BCUT2D eigenvalue weighted by Gasteiger charge is -2.08. The van der Waals surface area contributed by atoms with Crippen LogP contribution in [0.2, 0.25) is 0 Å². The van der Waals surface area contributed by atoms with Crippen LogP contribution in [0.15, 0.2) is 39.7 Å². The second-order valence-electron chi connectivity index (χ2n) is 5.80. The van der Waals surface area contributed by atoms with Gasteiger partial charge in [-0.3, -0.25) is 9.59 Å². The maximum atomic E-state index is 12.4. The van der Waals surface area contributed by atoms with Gasteiger partial charge < -0.3 is 14.6 Å². The SMILES string of the molecule is Cc1ccc2occ(/C=C/C(=O)NCCCN(C)C)c(=O)c2c1. The van der Waals surface area contributed by atoms with Crippen LogP contribution in [0.25, 0.3) is 17.0 Å². The highest BCUT2D eigenvalue weighted by atomic mass is 16.3. The quantitative estimate of drug-likeness (QED) is 0.656. The average Bonchev–Trinajstić information content (AvgIpc) is 2.51. The molecule has 0 aliphatic rings. The number of rotatable bonds is 6. The minimum absolute atomic E-state index is 0.133. The minimum Gasteiger partial charge on any atom is -0.463 e. The van der Waals surface area contributed by atoms with E-state index in [4.69, 9.17) is 4.42 Å². The van der Waals surface area contributed by atoms with E-state index in [1.54, 1.807) is 12.1 Å². The van der Waals surface area contributed by atoms with Gasteiger partial charge in [-0.05, 0) is 52.2 Å². The van der Waals surface area contributed by atoms with Crippen LogP contribution in [0, 0.1) is 6.92 Å². The highest BCUT2D eigenvalue weighted by Crippen LogP contribution is 2.13. The van der Waals surface area contributed by atoms with Gasteiger partial charge in [0.2, 0.25) is 5.91 Å². The van der Waals surface area contributed by atoms with Crippen LogP contribution in [0.4, 0.5) is 0 Å². The van der Waals surface area contributed by atoms with Gasteiger partial charge in [0.1, 0.15) is 11.8 Å². The van der Waals surface area contributed by atoms with Crippen LogP contribution >= 0.6 is 0 Å². The first-order valence-electron chi connectivity index (χ1n) is 7.60. The van der Waals surface area contributed by atoms with Crippen LogP contribution < -0.4 is 10.7 Å². The van der Waals surface area contributed by atoms with Crippen molar-refractivity contribution in [1.29, 1.82) is 0 Å². The summed E-state index contributed by atoms with van der Waals surface area (Å²) in [6, 6.07) is 5.46. The summed E-state index contributed by atoms with van der Waals surface area (Å²) in [5.74, 6) is -0.215. The van der Waals surface area contributed by atoms with Crippen molar-refractivity contribution < 1.29 is 9.21 Å². The molecule has 0 bridgehead atoms. The van der Waals surface area contributed by atoms with Crippen LogP contribution in [0.1, 0.15) is 17.5 Å². The van der Waals surface area contributed by atoms with Crippen molar-refractivity contribution in [3.05, 3.63) is 51.9 Å². The standard InChI is InChI=1S/C18H22N2O3/c1-13-5-7-16-15(11-13)18(22)14(12-23-16)6-8-17(21)19-9-4-10-20(2)3/h5-8,11-12H,4,9-10H2,1-3H3,(H,19,21)/b8-6+. The van der Waals surface area contributed by atoms with E-state index in [9.17, 15) is 9.59 Å². The second kappa shape index (κ2) is 7.74. The van der Waals surface area contributed by atoms with Gasteiger partial charge >= 0.3 is 0 Å². The van der Waals surface area contributed by atoms with E-state index in [0.29, 0.717) is 23.1 Å². The van der Waals surface area contributed by atoms with Crippen LogP contribution in [-0.2, 0) is 4.79 Å². The number of carbonyl (C=O) groups excluding carboxylic acids is 1. The van der Waals surface area contributed by atoms with Crippen molar-refractivity contribution in [2.45, 2.75) is 13.3 Å². The zero-order valence-electron chi connectivity index (χ0n) is 13.8. The number of fused-ring (bicyclic) bond motifs is 1. The molecule has 2 rings (SSSR count). The van der Waals surface area contributed by atoms with E-state index >= 15 is 0 Å². The molecule has 1 aromatic heterocycles. The molecule has 5 heteroatoms. The highest BCUT2D eigenvalue weighted by molar-refractivity contribution is 5.92. The minimum atomic E-state index is -0.215. The summed E-state index contributed by atoms with van der Waals surface area (Å²) >= 11 is 0. The summed E-state index contributed by atoms with van der Waals surface area (Å²) in [6.07, 6.45) is 5.12. The third-order valence-electron chi connectivity index (χ3n) is 3.45. The van der Waals surface area contributed by atoms with Crippen LogP contribution in [0.5, 0.6) is 0 Å². The van der Waals surface area contributed by atoms with Crippen LogP contribution in [-0.4, -0.2) is 38.0 Å². The molecule has 0 aliphatic heterocycles. The summed E-state index contributed by atoms with van der Waals surface area (Å²) in [6.45, 7) is 3.44. The summed E-state index contributed by atoms with van der Waals surface area (Å²) in [5.41, 5.74) is 1.77. The Kier molecular flexibility index (Phi) is 5.71. The summed E-state index contributed by atoms with van der Waals surface area (Å²) in [5, 5.41) is 3.32. The number of hydrogen-bond donors (Lipinski definition) is 1. The van der Waals surface area contributed by atoms with E-state index in [2.05, 4.69) is 10.2 Å². The fourth-order valence-corrected chi connectivity index (χ4v) is 2.21. The monoisotopic (exact) mass is 314 g/mol. The number of nitrogens with one attached hydrogen (secondary N) is 1. The number of carbonyl (C=O) groups is 1. The molecule has 0 fully saturated rings. The molecule has 5 nitrogen and oxygen atoms in total. The Hall–Kier alpha value is -2.40. The first-order valence-corrected chi connectivity index (χ1v) is 7.60. The first kappa shape index (κ1) is 17.0. The molecule has 0 saturated carbocycles. The predicted molar refractivity (Wildman–Crippen MR) is 92.4 cm³/mol. The maximum absolute atomic E-state index is 12.4. The zero-order chi connectivity index (χ0) is 16.8. The molecule has 1 amide bonds. The Morgan fingerprint density at radius 2 is 2.13 bits per heavy atom. The first-order chi connectivity index (χ1) is 11.0. The largest absolute Gasteiger partial charge is 0.463 e. The molecule has 0 saturated heterocycles. The summed E-state index contributed by atoms with van der Waals surface area (Å²) < 4.78 is 5.45. The second-order valence-corrected chi connectivity index (χ2v) is 5.80. The Morgan fingerprint density at radius 3 is 2.87 bits per heavy atom. The molecular formula is C18H22N2O3. The van der Waals surface area contributed by atoms with Crippen LogP contribution in [0.3, 0.4) is 0 Å². The normalized spacial score (nSPS) is 11.5. The van der Waals surface area contributed by atoms with Crippen molar-refractivity contribution in [3.8, 4) is 0 Å². The molecule has 23 heavy (non-hydrogen) atoms. The molecule has 2 aromatic rings. The molecule has 122 valence electrons. The average molecular weight is 314 g/mol. The Balaban J connectivity index is 2.05. The third kappa shape index (κ3) is 4.79. The lowest BCUT2D eigenvalue weighted by atomic mass is 10.1. The molecular weight excluding hydrogens is 292 g/mol.